The van der Waals surface area contributed by atoms with Gasteiger partial charge in [0.2, 0.25) is 5.44 Å². The SMILES string of the molecule is Nc1ccn([C@H]2CS[C@@H](C(=O)[P+](O)(O)O)O2)c(=O)n1. The third-order valence-electron chi connectivity index (χ3n) is 2.33. The highest BCUT2D eigenvalue weighted by Crippen LogP contribution is 2.50. The van der Waals surface area contributed by atoms with Crippen LogP contribution in [0, 0.1) is 0 Å². The summed E-state index contributed by atoms with van der Waals surface area (Å²) >= 11 is 0.950. The van der Waals surface area contributed by atoms with E-state index < -0.39 is 30.8 Å². The van der Waals surface area contributed by atoms with Crippen LogP contribution in [-0.2, 0) is 9.53 Å². The zero-order chi connectivity index (χ0) is 14.2. The van der Waals surface area contributed by atoms with E-state index in [0.29, 0.717) is 0 Å². The molecule has 2 atom stereocenters. The summed E-state index contributed by atoms with van der Waals surface area (Å²) < 4.78 is 6.33. The average Bonchev–Trinajstić information content (AvgIpc) is 2.75. The van der Waals surface area contributed by atoms with E-state index in [-0.39, 0.29) is 11.6 Å². The number of carbonyl (C=O) groups excluding carboxylic acids is 1. The first-order valence-corrected chi connectivity index (χ1v) is 7.72. The molecule has 2 heterocycles. The first kappa shape index (κ1) is 14.4. The highest BCUT2D eigenvalue weighted by atomic mass is 32.2. The van der Waals surface area contributed by atoms with Crippen LogP contribution in [0.5, 0.6) is 0 Å². The molecule has 1 aliphatic rings. The van der Waals surface area contributed by atoms with E-state index in [1.807, 2.05) is 0 Å². The van der Waals surface area contributed by atoms with Crippen LogP contribution >= 0.6 is 19.7 Å². The Morgan fingerprint density at radius 1 is 1.58 bits per heavy atom. The van der Waals surface area contributed by atoms with Crippen LogP contribution in [0.2, 0.25) is 0 Å². The van der Waals surface area contributed by atoms with Crippen molar-refractivity contribution >= 4 is 31.0 Å². The topological polar surface area (TPSA) is 148 Å². The van der Waals surface area contributed by atoms with Crippen LogP contribution in [0.15, 0.2) is 17.1 Å². The molecule has 9 nitrogen and oxygen atoms in total. The van der Waals surface area contributed by atoms with E-state index in [1.54, 1.807) is 0 Å². The number of nitrogens with two attached hydrogens (primary N) is 1. The number of ether oxygens (including phenoxy) is 1. The third-order valence-corrected chi connectivity index (χ3v) is 4.44. The predicted molar refractivity (Wildman–Crippen MR) is 67.9 cm³/mol. The highest BCUT2D eigenvalue weighted by Gasteiger charge is 2.51. The van der Waals surface area contributed by atoms with Crippen molar-refractivity contribution in [3.8, 4) is 0 Å². The lowest BCUT2D eigenvalue weighted by atomic mass is 10.5. The number of rotatable bonds is 3. The number of carbonyl (C=O) groups is 1. The molecule has 0 amide bonds. The number of hydrogen-bond acceptors (Lipinski definition) is 9. The van der Waals surface area contributed by atoms with E-state index >= 15 is 0 Å². The maximum atomic E-state index is 11.6. The molecule has 1 aromatic heterocycles. The summed E-state index contributed by atoms with van der Waals surface area (Å²) in [4.78, 5) is 53.1. The molecular formula is C8H11N3O6PS+. The lowest BCUT2D eigenvalue weighted by Crippen LogP contribution is -2.29. The lowest BCUT2D eigenvalue weighted by Gasteiger charge is -2.13. The fourth-order valence-electron chi connectivity index (χ4n) is 1.45. The largest absolute Gasteiger partial charge is 0.482 e. The van der Waals surface area contributed by atoms with E-state index in [2.05, 4.69) is 4.98 Å². The molecule has 0 radical (unpaired) electrons. The van der Waals surface area contributed by atoms with E-state index in [4.69, 9.17) is 25.2 Å². The van der Waals surface area contributed by atoms with Crippen LogP contribution < -0.4 is 11.4 Å². The number of hydrogen-bond donors (Lipinski definition) is 4. The van der Waals surface area contributed by atoms with Gasteiger partial charge in [0, 0.05) is 11.9 Å². The molecular weight excluding hydrogens is 297 g/mol. The van der Waals surface area contributed by atoms with Crippen LogP contribution in [0.1, 0.15) is 6.23 Å². The summed E-state index contributed by atoms with van der Waals surface area (Å²) in [7, 11) is -4.60. The van der Waals surface area contributed by atoms with Gasteiger partial charge < -0.3 is 10.5 Å². The molecule has 1 aromatic rings. The lowest BCUT2D eigenvalue weighted by molar-refractivity contribution is -0.123. The molecule has 0 spiro atoms. The summed E-state index contributed by atoms with van der Waals surface area (Å²) in [5.74, 6) is 0.285. The van der Waals surface area contributed by atoms with E-state index in [9.17, 15) is 9.59 Å². The quantitative estimate of drug-likeness (QED) is 0.499. The second kappa shape index (κ2) is 5.16. The second-order valence-electron chi connectivity index (χ2n) is 3.70. The molecule has 0 aliphatic carbocycles. The summed E-state index contributed by atoms with van der Waals surface area (Å²) in [5.41, 5.74) is 2.27. The zero-order valence-corrected chi connectivity index (χ0v) is 11.1. The highest BCUT2D eigenvalue weighted by molar-refractivity contribution is 8.02. The van der Waals surface area contributed by atoms with Crippen molar-refractivity contribution in [3.05, 3.63) is 22.7 Å². The van der Waals surface area contributed by atoms with Crippen LogP contribution in [-0.4, -0.2) is 40.9 Å². The predicted octanol–water partition coefficient (Wildman–Crippen LogP) is -1.32. The fraction of sp³-hybridized carbons (Fsp3) is 0.375. The molecule has 104 valence electrons. The zero-order valence-electron chi connectivity index (χ0n) is 9.41. The normalized spacial score (nSPS) is 23.5. The number of nitrogens with zero attached hydrogens (tertiary/aromatic N) is 2. The summed E-state index contributed by atoms with van der Waals surface area (Å²) in [6.45, 7) is 0. The molecule has 1 fully saturated rings. The van der Waals surface area contributed by atoms with Crippen molar-refractivity contribution in [2.45, 2.75) is 11.7 Å². The molecule has 0 bridgehead atoms. The van der Waals surface area contributed by atoms with Gasteiger partial charge in [-0.05, 0) is 6.07 Å². The van der Waals surface area contributed by atoms with Crippen molar-refractivity contribution < 1.29 is 24.2 Å². The fourth-order valence-corrected chi connectivity index (χ4v) is 3.37. The molecule has 0 unspecified atom stereocenters. The van der Waals surface area contributed by atoms with Gasteiger partial charge in [-0.1, -0.05) is 0 Å². The maximum absolute atomic E-state index is 11.6. The Hall–Kier alpha value is -1.03. The van der Waals surface area contributed by atoms with Gasteiger partial charge in [-0.15, -0.1) is 11.8 Å². The summed E-state index contributed by atoms with van der Waals surface area (Å²) in [5, 5.41) is 0. The first-order chi connectivity index (χ1) is 8.79. The summed E-state index contributed by atoms with van der Waals surface area (Å²) in [6, 6.07) is 1.39. The Labute approximate surface area is 111 Å². The number of aromatic nitrogens is 2. The molecule has 1 aliphatic heterocycles. The Morgan fingerprint density at radius 3 is 2.84 bits per heavy atom. The van der Waals surface area contributed by atoms with Crippen molar-refractivity contribution in [1.82, 2.24) is 9.55 Å². The van der Waals surface area contributed by atoms with Gasteiger partial charge in [-0.2, -0.15) is 19.7 Å². The van der Waals surface area contributed by atoms with Crippen LogP contribution in [0.4, 0.5) is 5.82 Å². The van der Waals surface area contributed by atoms with Gasteiger partial charge in [-0.25, -0.2) is 9.59 Å². The van der Waals surface area contributed by atoms with Gasteiger partial charge in [0.25, 0.3) is 0 Å². The maximum Gasteiger partial charge on any atom is 0.482 e. The van der Waals surface area contributed by atoms with Crippen molar-refractivity contribution in [2.24, 2.45) is 0 Å². The third kappa shape index (κ3) is 3.11. The van der Waals surface area contributed by atoms with Gasteiger partial charge in [0.15, 0.2) is 0 Å². The minimum Gasteiger partial charge on any atom is -0.383 e. The number of anilines is 1. The van der Waals surface area contributed by atoms with Crippen LogP contribution in [0.25, 0.3) is 0 Å². The Kier molecular flexibility index (Phi) is 3.90. The van der Waals surface area contributed by atoms with Crippen molar-refractivity contribution in [2.75, 3.05) is 11.5 Å². The molecule has 1 saturated heterocycles. The molecule has 11 heteroatoms. The van der Waals surface area contributed by atoms with Gasteiger partial charge in [0.1, 0.15) is 12.0 Å². The monoisotopic (exact) mass is 308 g/mol. The van der Waals surface area contributed by atoms with Crippen molar-refractivity contribution in [3.63, 3.8) is 0 Å². The van der Waals surface area contributed by atoms with E-state index in [1.165, 1.54) is 12.3 Å². The first-order valence-electron chi connectivity index (χ1n) is 5.02. The molecule has 5 N–H and O–H groups in total. The number of thioether (sulfide) groups is 1. The Morgan fingerprint density at radius 2 is 2.26 bits per heavy atom. The smallest absolute Gasteiger partial charge is 0.383 e. The van der Waals surface area contributed by atoms with Crippen molar-refractivity contribution in [1.29, 1.82) is 0 Å². The average molecular weight is 308 g/mol. The van der Waals surface area contributed by atoms with Gasteiger partial charge in [-0.3, -0.25) is 4.57 Å². The minimum atomic E-state index is -4.60. The second-order valence-corrected chi connectivity index (χ2v) is 6.38. The molecule has 2 rings (SSSR count). The molecule has 19 heavy (non-hydrogen) atoms. The van der Waals surface area contributed by atoms with Gasteiger partial charge in [0.05, 0.1) is 0 Å². The summed E-state index contributed by atoms with van der Waals surface area (Å²) in [6.07, 6.45) is 0.577. The van der Waals surface area contributed by atoms with E-state index in [0.717, 1.165) is 16.3 Å². The van der Waals surface area contributed by atoms with Gasteiger partial charge >= 0.3 is 19.2 Å². The molecule has 0 aromatic carbocycles. The Bertz CT molecular complexity index is 558. The minimum absolute atomic E-state index is 0.0607. The van der Waals surface area contributed by atoms with Crippen LogP contribution in [0.3, 0.4) is 0 Å². The standard InChI is InChI=1S/C8H10N3O6PS/c9-4-1-2-11(8(13)10-4)5-3-19-7(17-5)6(12)18(14,15)16/h1-2,5,7,14-16H,3H2,(H-,9,10,13)/p+1/t5-,7+/m1/s1. The number of nitrogen functional groups attached to an aromatic ring is 1. The Balaban J connectivity index is 2.15. The molecule has 0 saturated carbocycles.